The van der Waals surface area contributed by atoms with Crippen LogP contribution >= 0.6 is 11.6 Å². The largest absolute Gasteiger partial charge is 0.416 e. The first kappa shape index (κ1) is 22.7. The third kappa shape index (κ3) is 3.79. The van der Waals surface area contributed by atoms with Crippen LogP contribution in [0.25, 0.3) is 0 Å². The van der Waals surface area contributed by atoms with Crippen molar-refractivity contribution in [2.24, 2.45) is 23.7 Å². The van der Waals surface area contributed by atoms with Gasteiger partial charge in [0.1, 0.15) is 6.04 Å². The van der Waals surface area contributed by atoms with Crippen molar-refractivity contribution in [3.63, 3.8) is 0 Å². The molecule has 0 aromatic heterocycles. The van der Waals surface area contributed by atoms with E-state index in [9.17, 15) is 27.6 Å². The third-order valence-electron chi connectivity index (χ3n) is 6.94. The Morgan fingerprint density at radius 2 is 1.65 bits per heavy atom. The molecular weight excluding hydrogens is 469 g/mol. The predicted octanol–water partition coefficient (Wildman–Crippen LogP) is 4.72. The number of carbonyl (C=O) groups excluding carboxylic acids is 3. The monoisotopic (exact) mass is 488 g/mol. The number of likely N-dealkylation sites (tertiary alicyclic amines) is 1. The molecule has 0 spiro atoms. The third-order valence-corrected chi connectivity index (χ3v) is 7.27. The maximum atomic E-state index is 13.4. The molecule has 2 bridgehead atoms. The molecule has 3 amide bonds. The van der Waals surface area contributed by atoms with E-state index >= 15 is 0 Å². The second-order valence-corrected chi connectivity index (χ2v) is 9.34. The van der Waals surface area contributed by atoms with Crippen LogP contribution < -0.4 is 5.32 Å². The van der Waals surface area contributed by atoms with E-state index in [0.29, 0.717) is 5.56 Å². The Morgan fingerprint density at radius 3 is 2.24 bits per heavy atom. The van der Waals surface area contributed by atoms with Crippen LogP contribution in [0.2, 0.25) is 5.02 Å². The second kappa shape index (κ2) is 8.27. The highest BCUT2D eigenvalue weighted by atomic mass is 35.5. The van der Waals surface area contributed by atoms with Gasteiger partial charge in [-0.15, -0.1) is 0 Å². The van der Waals surface area contributed by atoms with Gasteiger partial charge in [0.15, 0.2) is 0 Å². The van der Waals surface area contributed by atoms with Gasteiger partial charge < -0.3 is 5.32 Å². The van der Waals surface area contributed by atoms with Crippen LogP contribution in [0.1, 0.15) is 17.5 Å². The summed E-state index contributed by atoms with van der Waals surface area (Å²) in [5.41, 5.74) is -0.505. The minimum Gasteiger partial charge on any atom is -0.323 e. The van der Waals surface area contributed by atoms with E-state index in [1.807, 2.05) is 12.2 Å². The van der Waals surface area contributed by atoms with Crippen molar-refractivity contribution >= 4 is 35.0 Å². The first-order chi connectivity index (χ1) is 16.1. The fourth-order valence-corrected chi connectivity index (χ4v) is 5.55. The van der Waals surface area contributed by atoms with Gasteiger partial charge in [-0.05, 0) is 42.0 Å². The number of carbonyl (C=O) groups is 3. The molecular formula is C25H20ClF3N2O3. The number of amides is 3. The molecule has 2 fully saturated rings. The Balaban J connectivity index is 1.47. The second-order valence-electron chi connectivity index (χ2n) is 8.93. The summed E-state index contributed by atoms with van der Waals surface area (Å²) in [7, 11) is 0. The average Bonchev–Trinajstić information content (AvgIpc) is 3.47. The fourth-order valence-electron chi connectivity index (χ4n) is 5.38. The van der Waals surface area contributed by atoms with E-state index in [-0.39, 0.29) is 29.0 Å². The molecule has 3 aliphatic rings. The number of alkyl halides is 3. The molecule has 1 aliphatic heterocycles. The minimum atomic E-state index is -4.63. The molecule has 9 heteroatoms. The highest BCUT2D eigenvalue weighted by molar-refractivity contribution is 6.33. The minimum absolute atomic E-state index is 0.0307. The molecule has 1 heterocycles. The summed E-state index contributed by atoms with van der Waals surface area (Å²) in [4.78, 5) is 41.1. The lowest BCUT2D eigenvalue weighted by atomic mass is 9.85. The van der Waals surface area contributed by atoms with E-state index in [2.05, 4.69) is 5.32 Å². The van der Waals surface area contributed by atoms with Gasteiger partial charge in [0.25, 0.3) is 0 Å². The molecule has 2 aromatic carbocycles. The molecule has 0 unspecified atom stereocenters. The molecule has 5 rings (SSSR count). The van der Waals surface area contributed by atoms with Crippen molar-refractivity contribution in [3.8, 4) is 0 Å². The molecule has 2 aliphatic carbocycles. The summed E-state index contributed by atoms with van der Waals surface area (Å²) in [6.45, 7) is 0. The SMILES string of the molecule is O=C(Nc1cc(C(F)(F)F)ccc1Cl)[C@H](Cc1ccccc1)N1C(=O)[C@@H]2[C@@H](C1=O)[C@H]1C=C[C@@H]2C1. The summed E-state index contributed by atoms with van der Waals surface area (Å²) in [6.07, 6.45) is 0.0570. The van der Waals surface area contributed by atoms with E-state index in [4.69, 9.17) is 11.6 Å². The lowest BCUT2D eigenvalue weighted by molar-refractivity contribution is -0.147. The molecule has 1 saturated heterocycles. The standard InChI is InChI=1S/C25H20ClF3N2O3/c26-17-9-8-16(25(27,28)29)12-18(17)30-22(32)19(10-13-4-2-1-3-5-13)31-23(33)20-14-6-7-15(11-14)21(20)24(31)34/h1-9,12,14-15,19-21H,10-11H2,(H,30,32)/t14-,15+,19-,20-,21-/m0/s1. The van der Waals surface area contributed by atoms with Gasteiger partial charge in [0.05, 0.1) is 28.1 Å². The molecule has 2 aromatic rings. The Labute approximate surface area is 198 Å². The highest BCUT2D eigenvalue weighted by Crippen LogP contribution is 2.53. The maximum absolute atomic E-state index is 13.4. The van der Waals surface area contributed by atoms with Gasteiger partial charge >= 0.3 is 6.18 Å². The number of fused-ring (bicyclic) bond motifs is 5. The molecule has 1 N–H and O–H groups in total. The first-order valence-electron chi connectivity index (χ1n) is 10.9. The van der Waals surface area contributed by atoms with Crippen LogP contribution in [-0.4, -0.2) is 28.7 Å². The number of anilines is 1. The fraction of sp³-hybridized carbons (Fsp3) is 0.320. The number of benzene rings is 2. The number of allylic oxidation sites excluding steroid dienone is 2. The Bertz CT molecular complexity index is 1170. The molecule has 5 nitrogen and oxygen atoms in total. The van der Waals surface area contributed by atoms with Crippen molar-refractivity contribution in [2.45, 2.75) is 25.1 Å². The number of nitrogens with one attached hydrogen (secondary N) is 1. The highest BCUT2D eigenvalue weighted by Gasteiger charge is 2.61. The summed E-state index contributed by atoms with van der Waals surface area (Å²) in [6, 6.07) is 10.2. The van der Waals surface area contributed by atoms with Crippen molar-refractivity contribution in [1.29, 1.82) is 0 Å². The number of hydrogen-bond acceptors (Lipinski definition) is 3. The van der Waals surface area contributed by atoms with Gasteiger partial charge in [-0.2, -0.15) is 13.2 Å². The van der Waals surface area contributed by atoms with Crippen molar-refractivity contribution < 1.29 is 27.6 Å². The van der Waals surface area contributed by atoms with Crippen LogP contribution in [0.15, 0.2) is 60.7 Å². The topological polar surface area (TPSA) is 66.5 Å². The Hall–Kier alpha value is -3.13. The molecule has 176 valence electrons. The van der Waals surface area contributed by atoms with Gasteiger partial charge in [-0.25, -0.2) is 0 Å². The Kier molecular flexibility index (Phi) is 5.51. The van der Waals surface area contributed by atoms with E-state index in [1.165, 1.54) is 0 Å². The Morgan fingerprint density at radius 1 is 1.03 bits per heavy atom. The number of halogens is 4. The van der Waals surface area contributed by atoms with Gasteiger partial charge in [-0.3, -0.25) is 19.3 Å². The van der Waals surface area contributed by atoms with Crippen LogP contribution in [0.5, 0.6) is 0 Å². The number of rotatable bonds is 5. The van der Waals surface area contributed by atoms with Crippen LogP contribution in [0.3, 0.4) is 0 Å². The van der Waals surface area contributed by atoms with E-state index in [0.717, 1.165) is 29.5 Å². The number of imide groups is 1. The van der Waals surface area contributed by atoms with Crippen LogP contribution in [-0.2, 0) is 27.0 Å². The zero-order chi connectivity index (χ0) is 24.2. The van der Waals surface area contributed by atoms with Crippen molar-refractivity contribution in [2.75, 3.05) is 5.32 Å². The number of nitrogens with zero attached hydrogens (tertiary/aromatic N) is 1. The van der Waals surface area contributed by atoms with E-state index < -0.39 is 47.3 Å². The predicted molar refractivity (Wildman–Crippen MR) is 119 cm³/mol. The van der Waals surface area contributed by atoms with Crippen LogP contribution in [0, 0.1) is 23.7 Å². The van der Waals surface area contributed by atoms with E-state index in [1.54, 1.807) is 30.3 Å². The summed E-state index contributed by atoms with van der Waals surface area (Å²) < 4.78 is 39.5. The lowest BCUT2D eigenvalue weighted by Gasteiger charge is -2.27. The quantitative estimate of drug-likeness (QED) is 0.489. The molecule has 1 saturated carbocycles. The smallest absolute Gasteiger partial charge is 0.323 e. The normalized spacial score (nSPS) is 26.2. The molecule has 5 atom stereocenters. The summed E-state index contributed by atoms with van der Waals surface area (Å²) >= 11 is 6.06. The van der Waals surface area contributed by atoms with Crippen LogP contribution in [0.4, 0.5) is 18.9 Å². The maximum Gasteiger partial charge on any atom is 0.416 e. The van der Waals surface area contributed by atoms with Gasteiger partial charge in [0.2, 0.25) is 17.7 Å². The van der Waals surface area contributed by atoms with Crippen molar-refractivity contribution in [3.05, 3.63) is 76.8 Å². The lowest BCUT2D eigenvalue weighted by Crippen LogP contribution is -2.49. The first-order valence-corrected chi connectivity index (χ1v) is 11.3. The summed E-state index contributed by atoms with van der Waals surface area (Å²) in [5.74, 6) is -2.63. The zero-order valence-electron chi connectivity index (χ0n) is 17.8. The average molecular weight is 489 g/mol. The summed E-state index contributed by atoms with van der Waals surface area (Å²) in [5, 5.41) is 2.35. The molecule has 0 radical (unpaired) electrons. The zero-order valence-corrected chi connectivity index (χ0v) is 18.5. The molecule has 34 heavy (non-hydrogen) atoms. The van der Waals surface area contributed by atoms with Gasteiger partial charge in [-0.1, -0.05) is 54.1 Å². The van der Waals surface area contributed by atoms with Gasteiger partial charge in [0, 0.05) is 6.42 Å². The van der Waals surface area contributed by atoms with Crippen molar-refractivity contribution in [1.82, 2.24) is 4.90 Å². The number of hydrogen-bond donors (Lipinski definition) is 1.